The number of fused-ring (bicyclic) bond motifs is 7. The molecule has 0 aliphatic heterocycles. The molecule has 0 heterocycles. The number of hydrogen-bond donors (Lipinski definition) is 3. The van der Waals surface area contributed by atoms with Gasteiger partial charge >= 0.3 is 5.97 Å². The molecular weight excluding hydrogens is 506 g/mol. The summed E-state index contributed by atoms with van der Waals surface area (Å²) < 4.78 is 0. The lowest BCUT2D eigenvalue weighted by atomic mass is 9.32. The van der Waals surface area contributed by atoms with Gasteiger partial charge in [-0.25, -0.2) is 0 Å². The molecule has 41 heavy (non-hydrogen) atoms. The average Bonchev–Trinajstić information content (AvgIpc) is 3.34. The van der Waals surface area contributed by atoms with Crippen LogP contribution in [0, 0.1) is 56.7 Å². The second-order valence-corrected chi connectivity index (χ2v) is 16.3. The minimum Gasteiger partial charge on any atom is -0.481 e. The van der Waals surface area contributed by atoms with E-state index in [0.29, 0.717) is 23.7 Å². The van der Waals surface area contributed by atoms with E-state index in [4.69, 9.17) is 0 Å². The maximum Gasteiger partial charge on any atom is 0.309 e. The summed E-state index contributed by atoms with van der Waals surface area (Å²) in [5, 5.41) is 25.9. The van der Waals surface area contributed by atoms with Crippen LogP contribution in [0.25, 0.3) is 0 Å². The van der Waals surface area contributed by atoms with Gasteiger partial charge in [0.25, 0.3) is 0 Å². The number of allylic oxidation sites excluding steroid dienone is 1. The second kappa shape index (κ2) is 9.94. The van der Waals surface area contributed by atoms with Gasteiger partial charge in [0.1, 0.15) is 0 Å². The standard InChI is InChI=1S/C37H55NO3/c1-24(2)26-14-19-37(32(40)41)21-20-35(5)27(31(26)37)12-13-29-33(3)17-16-30(39)34(4,28(33)15-18-36(29,35)6)23-38-22-25-10-8-7-9-11-25/h7-11,26-31,38-39H,1,12-23H2,2-6H3,(H,40,41)/t26-,27?,28+,29+,30?,31+,33-,34-,35+,36+,37-/m0/s1. The number of carbonyl (C=O) groups is 1. The number of rotatable bonds is 6. The van der Waals surface area contributed by atoms with E-state index >= 15 is 0 Å². The van der Waals surface area contributed by atoms with E-state index in [0.717, 1.165) is 64.5 Å². The van der Waals surface area contributed by atoms with Crippen LogP contribution in [0.5, 0.6) is 0 Å². The summed E-state index contributed by atoms with van der Waals surface area (Å²) in [5.41, 5.74) is 2.30. The molecule has 0 bridgehead atoms. The number of carboxylic acid groups (broad SMARTS) is 1. The molecule has 1 aromatic carbocycles. The molecule has 3 N–H and O–H groups in total. The molecule has 0 spiro atoms. The molecule has 0 radical (unpaired) electrons. The van der Waals surface area contributed by atoms with Gasteiger partial charge in [0, 0.05) is 18.5 Å². The quantitative estimate of drug-likeness (QED) is 0.309. The third kappa shape index (κ3) is 4.01. The lowest BCUT2D eigenvalue weighted by molar-refractivity contribution is -0.249. The molecule has 5 saturated carbocycles. The molecule has 0 aromatic heterocycles. The molecule has 5 aliphatic carbocycles. The van der Waals surface area contributed by atoms with Crippen molar-refractivity contribution in [2.75, 3.05) is 6.54 Å². The molecule has 6 rings (SSSR count). The molecule has 4 heteroatoms. The van der Waals surface area contributed by atoms with E-state index in [1.54, 1.807) is 0 Å². The first kappa shape index (κ1) is 29.4. The van der Waals surface area contributed by atoms with Crippen LogP contribution in [-0.4, -0.2) is 28.8 Å². The van der Waals surface area contributed by atoms with Crippen molar-refractivity contribution in [2.24, 2.45) is 56.7 Å². The largest absolute Gasteiger partial charge is 0.481 e. The van der Waals surface area contributed by atoms with Gasteiger partial charge in [0.05, 0.1) is 11.5 Å². The number of nitrogens with one attached hydrogen (secondary N) is 1. The van der Waals surface area contributed by atoms with Crippen LogP contribution >= 0.6 is 0 Å². The third-order valence-electron chi connectivity index (χ3n) is 15.0. The van der Waals surface area contributed by atoms with Crippen molar-refractivity contribution in [1.82, 2.24) is 5.32 Å². The fraction of sp³-hybridized carbons (Fsp3) is 0.757. The Morgan fingerprint density at radius 1 is 0.902 bits per heavy atom. The van der Waals surface area contributed by atoms with Gasteiger partial charge in [-0.1, -0.05) is 70.2 Å². The Morgan fingerprint density at radius 3 is 2.32 bits per heavy atom. The second-order valence-electron chi connectivity index (χ2n) is 16.3. The summed E-state index contributed by atoms with van der Waals surface area (Å²) in [7, 11) is 0. The van der Waals surface area contributed by atoms with E-state index in [1.165, 1.54) is 24.0 Å². The van der Waals surface area contributed by atoms with Gasteiger partial charge in [0.2, 0.25) is 0 Å². The van der Waals surface area contributed by atoms with E-state index in [1.807, 2.05) is 0 Å². The highest BCUT2D eigenvalue weighted by atomic mass is 16.4. The van der Waals surface area contributed by atoms with E-state index in [9.17, 15) is 15.0 Å². The molecule has 1 aromatic rings. The summed E-state index contributed by atoms with van der Waals surface area (Å²) in [6.45, 7) is 18.4. The summed E-state index contributed by atoms with van der Waals surface area (Å²) in [4.78, 5) is 12.9. The summed E-state index contributed by atoms with van der Waals surface area (Å²) in [5.74, 6) is 1.56. The van der Waals surface area contributed by atoms with Crippen molar-refractivity contribution in [3.63, 3.8) is 0 Å². The van der Waals surface area contributed by atoms with Crippen LogP contribution in [-0.2, 0) is 11.3 Å². The highest BCUT2D eigenvalue weighted by Crippen LogP contribution is 2.77. The SMILES string of the molecule is C=C(C)[C@@H]1CC[C@]2(C(=O)O)CC[C@]3(C)C(CC[C@@H]4[C@@]5(C)CCC(O)[C@@](C)(CNCc6ccccc6)[C@@H]5CC[C@]43C)[C@@H]12. The van der Waals surface area contributed by atoms with Crippen LogP contribution in [0.2, 0.25) is 0 Å². The van der Waals surface area contributed by atoms with Gasteiger partial charge in [-0.05, 0) is 123 Å². The van der Waals surface area contributed by atoms with Crippen LogP contribution in [0.15, 0.2) is 42.5 Å². The Morgan fingerprint density at radius 2 is 1.63 bits per heavy atom. The predicted molar refractivity (Wildman–Crippen MR) is 165 cm³/mol. The van der Waals surface area contributed by atoms with Crippen molar-refractivity contribution >= 4 is 5.97 Å². The third-order valence-corrected chi connectivity index (χ3v) is 15.0. The Hall–Kier alpha value is -1.65. The topological polar surface area (TPSA) is 69.6 Å². The summed E-state index contributed by atoms with van der Waals surface area (Å²) >= 11 is 0. The highest BCUT2D eigenvalue weighted by molar-refractivity contribution is 5.76. The average molecular weight is 562 g/mol. The Kier molecular flexibility index (Phi) is 7.14. The van der Waals surface area contributed by atoms with E-state index in [2.05, 4.69) is 76.8 Å². The molecule has 5 fully saturated rings. The monoisotopic (exact) mass is 561 g/mol. The zero-order chi connectivity index (χ0) is 29.4. The van der Waals surface area contributed by atoms with Crippen LogP contribution in [0.3, 0.4) is 0 Å². The van der Waals surface area contributed by atoms with Gasteiger partial charge < -0.3 is 15.5 Å². The predicted octanol–water partition coefficient (Wildman–Crippen LogP) is 7.86. The summed E-state index contributed by atoms with van der Waals surface area (Å²) in [6, 6.07) is 10.6. The molecule has 11 atom stereocenters. The van der Waals surface area contributed by atoms with Gasteiger partial charge in [-0.2, -0.15) is 0 Å². The van der Waals surface area contributed by atoms with Crippen molar-refractivity contribution in [1.29, 1.82) is 0 Å². The van der Waals surface area contributed by atoms with Crippen LogP contribution < -0.4 is 5.32 Å². The zero-order valence-corrected chi connectivity index (χ0v) is 26.3. The zero-order valence-electron chi connectivity index (χ0n) is 26.3. The molecule has 0 saturated heterocycles. The molecule has 4 nitrogen and oxygen atoms in total. The van der Waals surface area contributed by atoms with Crippen LogP contribution in [0.4, 0.5) is 0 Å². The molecule has 226 valence electrons. The van der Waals surface area contributed by atoms with E-state index < -0.39 is 11.4 Å². The Bertz CT molecular complexity index is 1180. The molecular formula is C37H55NO3. The fourth-order valence-electron chi connectivity index (χ4n) is 12.6. The lowest BCUT2D eigenvalue weighted by Gasteiger charge is -2.73. The Labute approximate surface area is 248 Å². The molecule has 5 aliphatic rings. The van der Waals surface area contributed by atoms with Gasteiger partial charge in [-0.15, -0.1) is 0 Å². The lowest BCUT2D eigenvalue weighted by Crippen LogP contribution is -2.68. The highest BCUT2D eigenvalue weighted by Gasteiger charge is 2.72. The number of benzene rings is 1. The number of aliphatic hydroxyl groups is 1. The van der Waals surface area contributed by atoms with Crippen molar-refractivity contribution < 1.29 is 15.0 Å². The maximum atomic E-state index is 12.9. The minimum absolute atomic E-state index is 0.142. The fourth-order valence-corrected chi connectivity index (χ4v) is 12.6. The first-order valence-electron chi connectivity index (χ1n) is 16.6. The Balaban J connectivity index is 1.30. The number of hydrogen-bond acceptors (Lipinski definition) is 3. The maximum absolute atomic E-state index is 12.9. The number of aliphatic carboxylic acids is 1. The molecule has 2 unspecified atom stereocenters. The smallest absolute Gasteiger partial charge is 0.309 e. The number of aliphatic hydroxyl groups excluding tert-OH is 1. The van der Waals surface area contributed by atoms with Crippen molar-refractivity contribution in [3.8, 4) is 0 Å². The first-order valence-corrected chi connectivity index (χ1v) is 16.6. The number of carboxylic acids is 1. The van der Waals surface area contributed by atoms with E-state index in [-0.39, 0.29) is 33.7 Å². The van der Waals surface area contributed by atoms with Crippen LogP contribution in [0.1, 0.15) is 104 Å². The molecule has 0 amide bonds. The van der Waals surface area contributed by atoms with Crippen molar-refractivity contribution in [3.05, 3.63) is 48.0 Å². The normalized spacial score (nSPS) is 48.8. The van der Waals surface area contributed by atoms with Crippen molar-refractivity contribution in [2.45, 2.75) is 111 Å². The minimum atomic E-state index is -0.559. The summed E-state index contributed by atoms with van der Waals surface area (Å²) in [6.07, 6.45) is 10.1. The van der Waals surface area contributed by atoms with Gasteiger partial charge in [-0.3, -0.25) is 4.79 Å². The first-order chi connectivity index (χ1) is 19.3. The van der Waals surface area contributed by atoms with Gasteiger partial charge in [0.15, 0.2) is 0 Å².